The Labute approximate surface area is 174 Å². The number of hydrogen-bond donors (Lipinski definition) is 1. The molecule has 2 amide bonds. The number of benzene rings is 2. The van der Waals surface area contributed by atoms with Crippen molar-refractivity contribution in [2.24, 2.45) is 5.92 Å². The van der Waals surface area contributed by atoms with E-state index in [0.29, 0.717) is 11.3 Å². The molecule has 0 unspecified atom stereocenters. The van der Waals surface area contributed by atoms with E-state index >= 15 is 0 Å². The summed E-state index contributed by atoms with van der Waals surface area (Å²) in [7, 11) is 0. The van der Waals surface area contributed by atoms with Gasteiger partial charge in [0.25, 0.3) is 0 Å². The van der Waals surface area contributed by atoms with Crippen LogP contribution in [-0.2, 0) is 25.5 Å². The Kier molecular flexibility index (Phi) is 5.35. The normalized spacial score (nSPS) is 18.7. The number of fused-ring (bicyclic) bond motifs is 1. The van der Waals surface area contributed by atoms with Crippen molar-refractivity contribution in [2.45, 2.75) is 25.8 Å². The molecular formula is C23H22N2O5. The average molecular weight is 406 g/mol. The van der Waals surface area contributed by atoms with E-state index in [2.05, 4.69) is 5.32 Å². The zero-order valence-corrected chi connectivity index (χ0v) is 16.6. The maximum absolute atomic E-state index is 12.5. The Bertz CT molecular complexity index is 1020. The molecule has 0 radical (unpaired) electrons. The molecule has 0 aromatic heterocycles. The molecule has 1 fully saturated rings. The van der Waals surface area contributed by atoms with Crippen LogP contribution in [0.4, 0.5) is 5.69 Å². The van der Waals surface area contributed by atoms with Crippen molar-refractivity contribution in [3.05, 3.63) is 65.2 Å². The van der Waals surface area contributed by atoms with Crippen molar-refractivity contribution in [1.82, 2.24) is 4.90 Å². The summed E-state index contributed by atoms with van der Waals surface area (Å²) < 4.78 is 5.21. The summed E-state index contributed by atoms with van der Waals surface area (Å²) in [5, 5.41) is 2.71. The zero-order valence-electron chi connectivity index (χ0n) is 16.6. The summed E-state index contributed by atoms with van der Waals surface area (Å²) in [6.45, 7) is 1.81. The van der Waals surface area contributed by atoms with E-state index in [-0.39, 0.29) is 43.0 Å². The number of likely N-dealkylation sites (tertiary alicyclic amines) is 1. The summed E-state index contributed by atoms with van der Waals surface area (Å²) in [4.78, 5) is 50.4. The van der Waals surface area contributed by atoms with Crippen molar-refractivity contribution in [3.8, 4) is 0 Å². The molecule has 4 rings (SSSR count). The van der Waals surface area contributed by atoms with Crippen molar-refractivity contribution in [1.29, 1.82) is 0 Å². The van der Waals surface area contributed by atoms with E-state index in [1.165, 1.54) is 0 Å². The van der Waals surface area contributed by atoms with Gasteiger partial charge in [-0.3, -0.25) is 19.2 Å². The van der Waals surface area contributed by atoms with Gasteiger partial charge in [-0.15, -0.1) is 0 Å². The van der Waals surface area contributed by atoms with E-state index in [1.807, 2.05) is 37.3 Å². The van der Waals surface area contributed by atoms with Crippen LogP contribution in [0, 0.1) is 5.92 Å². The number of Topliss-reactive ketones (excluding diaryl/α,β-unsaturated/α-hetero) is 1. The maximum atomic E-state index is 12.5. The third-order valence-electron chi connectivity index (χ3n) is 5.64. The first-order valence-corrected chi connectivity index (χ1v) is 9.89. The molecule has 2 aliphatic heterocycles. The standard InChI is InChI=1S/C23H22N2O5/c1-14(15-5-3-2-4-6-15)25-12-18(11-22(25)28)23(29)30-13-20(26)16-7-8-19-17(9-16)10-21(27)24-19/h2-9,14,18H,10-13H2,1H3,(H,24,27)/t14-,18-/m0/s1. The molecule has 30 heavy (non-hydrogen) atoms. The highest BCUT2D eigenvalue weighted by Crippen LogP contribution is 2.29. The molecular weight excluding hydrogens is 384 g/mol. The molecule has 0 spiro atoms. The highest BCUT2D eigenvalue weighted by molar-refractivity contribution is 6.03. The smallest absolute Gasteiger partial charge is 0.311 e. The molecule has 154 valence electrons. The van der Waals surface area contributed by atoms with Crippen LogP contribution in [0.1, 0.15) is 40.9 Å². The second-order valence-corrected chi connectivity index (χ2v) is 7.66. The van der Waals surface area contributed by atoms with Gasteiger partial charge in [0, 0.05) is 24.2 Å². The van der Waals surface area contributed by atoms with E-state index < -0.39 is 18.5 Å². The molecule has 7 nitrogen and oxygen atoms in total. The third kappa shape index (κ3) is 3.96. The maximum Gasteiger partial charge on any atom is 0.311 e. The van der Waals surface area contributed by atoms with Gasteiger partial charge in [-0.1, -0.05) is 30.3 Å². The lowest BCUT2D eigenvalue weighted by Gasteiger charge is -2.25. The first-order chi connectivity index (χ1) is 14.4. The lowest BCUT2D eigenvalue weighted by atomic mass is 10.1. The van der Waals surface area contributed by atoms with E-state index in [1.54, 1.807) is 23.1 Å². The summed E-state index contributed by atoms with van der Waals surface area (Å²) >= 11 is 0. The van der Waals surface area contributed by atoms with Crippen LogP contribution < -0.4 is 5.32 Å². The largest absolute Gasteiger partial charge is 0.457 e. The molecule has 2 heterocycles. The summed E-state index contributed by atoms with van der Waals surface area (Å²) in [5.41, 5.74) is 2.84. The fourth-order valence-electron chi connectivity index (χ4n) is 3.92. The van der Waals surface area contributed by atoms with Gasteiger partial charge in [0.15, 0.2) is 12.4 Å². The number of ether oxygens (including phenoxy) is 1. The van der Waals surface area contributed by atoms with Crippen LogP contribution in [-0.4, -0.2) is 41.6 Å². The minimum absolute atomic E-state index is 0.0802. The predicted molar refractivity (Wildman–Crippen MR) is 109 cm³/mol. The van der Waals surface area contributed by atoms with Gasteiger partial charge in [-0.05, 0) is 36.2 Å². The first kappa shape index (κ1) is 19.8. The molecule has 1 saturated heterocycles. The lowest BCUT2D eigenvalue weighted by Crippen LogP contribution is -2.30. The molecule has 7 heteroatoms. The van der Waals surface area contributed by atoms with Gasteiger partial charge >= 0.3 is 5.97 Å². The molecule has 0 aliphatic carbocycles. The van der Waals surface area contributed by atoms with Crippen LogP contribution in [0.15, 0.2) is 48.5 Å². The number of carbonyl (C=O) groups excluding carboxylic acids is 4. The number of hydrogen-bond acceptors (Lipinski definition) is 5. The Morgan fingerprint density at radius 2 is 1.93 bits per heavy atom. The highest BCUT2D eigenvalue weighted by Gasteiger charge is 2.38. The van der Waals surface area contributed by atoms with Gasteiger partial charge in [0.1, 0.15) is 0 Å². The molecule has 2 atom stereocenters. The van der Waals surface area contributed by atoms with Crippen molar-refractivity contribution in [3.63, 3.8) is 0 Å². The SMILES string of the molecule is C[C@@H](c1ccccc1)N1C[C@@H](C(=O)OCC(=O)c2ccc3c(c2)CC(=O)N3)CC1=O. The topological polar surface area (TPSA) is 92.8 Å². The first-order valence-electron chi connectivity index (χ1n) is 9.89. The number of esters is 1. The Morgan fingerprint density at radius 3 is 2.70 bits per heavy atom. The Hall–Kier alpha value is -3.48. The Balaban J connectivity index is 1.33. The van der Waals surface area contributed by atoms with Crippen LogP contribution in [0.5, 0.6) is 0 Å². The van der Waals surface area contributed by atoms with Crippen molar-refractivity contribution < 1.29 is 23.9 Å². The molecule has 2 aromatic rings. The van der Waals surface area contributed by atoms with Crippen molar-refractivity contribution in [2.75, 3.05) is 18.5 Å². The van der Waals surface area contributed by atoms with Gasteiger partial charge < -0.3 is 15.0 Å². The molecule has 2 aromatic carbocycles. The third-order valence-corrected chi connectivity index (χ3v) is 5.64. The molecule has 0 saturated carbocycles. The van der Waals surface area contributed by atoms with Gasteiger partial charge in [-0.2, -0.15) is 0 Å². The monoisotopic (exact) mass is 406 g/mol. The zero-order chi connectivity index (χ0) is 21.3. The lowest BCUT2D eigenvalue weighted by molar-refractivity contribution is -0.147. The van der Waals surface area contributed by atoms with E-state index in [9.17, 15) is 19.2 Å². The predicted octanol–water partition coefficient (Wildman–Crippen LogP) is 2.52. The summed E-state index contributed by atoms with van der Waals surface area (Å²) in [6, 6.07) is 14.4. The average Bonchev–Trinajstić information content (AvgIpc) is 3.32. The number of anilines is 1. The fourth-order valence-corrected chi connectivity index (χ4v) is 3.92. The molecule has 1 N–H and O–H groups in total. The number of amides is 2. The number of carbonyl (C=O) groups is 4. The summed E-state index contributed by atoms with van der Waals surface area (Å²) in [5.74, 6) is -1.68. The summed E-state index contributed by atoms with van der Waals surface area (Å²) in [6.07, 6.45) is 0.312. The highest BCUT2D eigenvalue weighted by atomic mass is 16.5. The fraction of sp³-hybridized carbons (Fsp3) is 0.304. The quantitative estimate of drug-likeness (QED) is 0.588. The van der Waals surface area contributed by atoms with Crippen LogP contribution >= 0.6 is 0 Å². The van der Waals surface area contributed by atoms with Crippen LogP contribution in [0.2, 0.25) is 0 Å². The molecule has 2 aliphatic rings. The van der Waals surface area contributed by atoms with E-state index in [4.69, 9.17) is 4.74 Å². The number of ketones is 1. The van der Waals surface area contributed by atoms with Gasteiger partial charge in [-0.25, -0.2) is 0 Å². The van der Waals surface area contributed by atoms with Gasteiger partial charge in [0.2, 0.25) is 11.8 Å². The number of nitrogens with one attached hydrogen (secondary N) is 1. The van der Waals surface area contributed by atoms with Crippen molar-refractivity contribution >= 4 is 29.3 Å². The van der Waals surface area contributed by atoms with E-state index in [0.717, 1.165) is 11.1 Å². The molecule has 0 bridgehead atoms. The minimum atomic E-state index is -0.585. The number of rotatable bonds is 6. The van der Waals surface area contributed by atoms with Gasteiger partial charge in [0.05, 0.1) is 18.4 Å². The number of nitrogens with zero attached hydrogens (tertiary/aromatic N) is 1. The Morgan fingerprint density at radius 1 is 1.17 bits per heavy atom. The van der Waals surface area contributed by atoms with Crippen LogP contribution in [0.3, 0.4) is 0 Å². The second kappa shape index (κ2) is 8.10. The van der Waals surface area contributed by atoms with Crippen LogP contribution in [0.25, 0.3) is 0 Å². The second-order valence-electron chi connectivity index (χ2n) is 7.66. The minimum Gasteiger partial charge on any atom is -0.457 e.